The number of rotatable bonds is 4. The van der Waals surface area contributed by atoms with Crippen LogP contribution in [0, 0.1) is 0 Å². The highest BCUT2D eigenvalue weighted by Gasteiger charge is 2.52. The van der Waals surface area contributed by atoms with Crippen molar-refractivity contribution in [1.82, 2.24) is 10.4 Å². The van der Waals surface area contributed by atoms with E-state index in [4.69, 9.17) is 14.0 Å². The number of hydrogen-bond acceptors (Lipinski definition) is 5. The van der Waals surface area contributed by atoms with E-state index in [1.54, 1.807) is 7.11 Å². The second-order valence-corrected chi connectivity index (χ2v) is 5.81. The van der Waals surface area contributed by atoms with Crippen LogP contribution < -0.4 is 5.43 Å². The molecule has 1 fully saturated rings. The Labute approximate surface area is 110 Å². The SMILES string of the molecule is COCCN1C=C(B2OC(C)(C)C(C)(C)O2)CN1. The lowest BCUT2D eigenvalue weighted by Gasteiger charge is -2.32. The molecule has 0 amide bonds. The maximum atomic E-state index is 6.01. The zero-order valence-corrected chi connectivity index (χ0v) is 11.9. The molecule has 0 aromatic heterocycles. The molecular weight excluding hydrogens is 231 g/mol. The van der Waals surface area contributed by atoms with Crippen LogP contribution in [0.25, 0.3) is 0 Å². The van der Waals surface area contributed by atoms with Gasteiger partial charge in [-0.05, 0) is 33.2 Å². The van der Waals surface area contributed by atoms with Crippen LogP contribution in [-0.4, -0.2) is 50.1 Å². The van der Waals surface area contributed by atoms with E-state index in [1.165, 1.54) is 0 Å². The third-order valence-electron chi connectivity index (χ3n) is 3.90. The van der Waals surface area contributed by atoms with Gasteiger partial charge in [-0.25, -0.2) is 5.43 Å². The first-order valence-corrected chi connectivity index (χ1v) is 6.41. The fraction of sp³-hybridized carbons (Fsp3) is 0.833. The monoisotopic (exact) mass is 254 g/mol. The number of nitrogens with zero attached hydrogens (tertiary/aromatic N) is 1. The van der Waals surface area contributed by atoms with Gasteiger partial charge >= 0.3 is 7.12 Å². The molecule has 2 aliphatic rings. The van der Waals surface area contributed by atoms with Gasteiger partial charge in [-0.2, -0.15) is 0 Å². The Hall–Kier alpha value is -0.555. The number of nitrogens with one attached hydrogen (secondary N) is 1. The lowest BCUT2D eigenvalue weighted by molar-refractivity contribution is 0.00578. The highest BCUT2D eigenvalue weighted by atomic mass is 16.7. The Morgan fingerprint density at radius 1 is 1.33 bits per heavy atom. The molecule has 2 heterocycles. The average Bonchev–Trinajstić information content (AvgIpc) is 2.80. The molecule has 18 heavy (non-hydrogen) atoms. The lowest BCUT2D eigenvalue weighted by atomic mass is 9.79. The predicted octanol–water partition coefficient (Wildman–Crippen LogP) is 0.968. The van der Waals surface area contributed by atoms with Crippen molar-refractivity contribution in [3.05, 3.63) is 11.7 Å². The van der Waals surface area contributed by atoms with E-state index in [1.807, 2.05) is 5.01 Å². The molecule has 0 aliphatic carbocycles. The molecule has 0 bridgehead atoms. The third kappa shape index (κ3) is 2.57. The van der Waals surface area contributed by atoms with Crippen LogP contribution in [0.2, 0.25) is 0 Å². The smallest absolute Gasteiger partial charge is 0.399 e. The quantitative estimate of drug-likeness (QED) is 0.757. The fourth-order valence-corrected chi connectivity index (χ4v) is 1.96. The van der Waals surface area contributed by atoms with Gasteiger partial charge in [-0.1, -0.05) is 0 Å². The molecule has 0 aromatic carbocycles. The maximum absolute atomic E-state index is 6.01. The zero-order valence-electron chi connectivity index (χ0n) is 11.9. The van der Waals surface area contributed by atoms with Crippen molar-refractivity contribution in [2.45, 2.75) is 38.9 Å². The Bertz CT molecular complexity index is 328. The van der Waals surface area contributed by atoms with Crippen LogP contribution >= 0.6 is 0 Å². The highest BCUT2D eigenvalue weighted by Crippen LogP contribution is 2.38. The molecule has 0 atom stereocenters. The minimum absolute atomic E-state index is 0.255. The van der Waals surface area contributed by atoms with Gasteiger partial charge in [0.15, 0.2) is 0 Å². The molecule has 0 spiro atoms. The topological polar surface area (TPSA) is 43.0 Å². The molecule has 1 saturated heterocycles. The van der Waals surface area contributed by atoms with Crippen molar-refractivity contribution in [2.24, 2.45) is 0 Å². The first kappa shape index (κ1) is 13.9. The minimum atomic E-state index is -0.279. The van der Waals surface area contributed by atoms with Gasteiger partial charge in [0.05, 0.1) is 24.4 Å². The Morgan fingerprint density at radius 3 is 2.50 bits per heavy atom. The number of hydrogen-bond donors (Lipinski definition) is 1. The van der Waals surface area contributed by atoms with Crippen molar-refractivity contribution in [1.29, 1.82) is 0 Å². The summed E-state index contributed by atoms with van der Waals surface area (Å²) in [5.41, 5.74) is 3.84. The van der Waals surface area contributed by atoms with E-state index < -0.39 is 0 Å². The van der Waals surface area contributed by atoms with E-state index in [2.05, 4.69) is 39.3 Å². The molecule has 5 nitrogen and oxygen atoms in total. The van der Waals surface area contributed by atoms with Crippen LogP contribution in [0.1, 0.15) is 27.7 Å². The Kier molecular flexibility index (Phi) is 3.74. The van der Waals surface area contributed by atoms with Crippen molar-refractivity contribution in [3.8, 4) is 0 Å². The van der Waals surface area contributed by atoms with Crippen molar-refractivity contribution in [2.75, 3.05) is 26.8 Å². The number of ether oxygens (including phenoxy) is 1. The third-order valence-corrected chi connectivity index (χ3v) is 3.90. The molecule has 0 unspecified atom stereocenters. The predicted molar refractivity (Wildman–Crippen MR) is 70.7 cm³/mol. The van der Waals surface area contributed by atoms with E-state index in [0.29, 0.717) is 6.61 Å². The highest BCUT2D eigenvalue weighted by molar-refractivity contribution is 6.54. The van der Waals surface area contributed by atoms with E-state index in [-0.39, 0.29) is 18.3 Å². The summed E-state index contributed by atoms with van der Waals surface area (Å²) in [6.45, 7) is 10.6. The zero-order chi connectivity index (χ0) is 13.4. The van der Waals surface area contributed by atoms with Gasteiger partial charge in [-0.3, -0.25) is 0 Å². The molecule has 102 valence electrons. The standard InChI is InChI=1S/C12H23BN2O3/c1-11(2)12(3,4)18-13(17-11)10-8-14-15(9-10)6-7-16-5/h9,14H,6-8H2,1-5H3. The van der Waals surface area contributed by atoms with Crippen molar-refractivity contribution >= 4 is 7.12 Å². The molecule has 1 N–H and O–H groups in total. The summed E-state index contributed by atoms with van der Waals surface area (Å²) < 4.78 is 17.1. The second kappa shape index (κ2) is 4.85. The van der Waals surface area contributed by atoms with Gasteiger partial charge in [0, 0.05) is 19.9 Å². The Morgan fingerprint density at radius 2 is 1.94 bits per heavy atom. The second-order valence-electron chi connectivity index (χ2n) is 5.81. The van der Waals surface area contributed by atoms with Crippen LogP contribution in [0.15, 0.2) is 11.7 Å². The number of methoxy groups -OCH3 is 1. The summed E-state index contributed by atoms with van der Waals surface area (Å²) >= 11 is 0. The molecule has 6 heteroatoms. The van der Waals surface area contributed by atoms with E-state index in [0.717, 1.165) is 18.6 Å². The van der Waals surface area contributed by atoms with E-state index >= 15 is 0 Å². The normalized spacial score (nSPS) is 25.7. The van der Waals surface area contributed by atoms with Crippen LogP contribution in [0.5, 0.6) is 0 Å². The van der Waals surface area contributed by atoms with Gasteiger partial charge in [-0.15, -0.1) is 0 Å². The summed E-state index contributed by atoms with van der Waals surface area (Å²) in [5, 5.41) is 2.02. The van der Waals surface area contributed by atoms with Gasteiger partial charge in [0.25, 0.3) is 0 Å². The summed E-state index contributed by atoms with van der Waals surface area (Å²) in [6, 6.07) is 0. The fourth-order valence-electron chi connectivity index (χ4n) is 1.96. The summed E-state index contributed by atoms with van der Waals surface area (Å²) in [7, 11) is 1.45. The largest absolute Gasteiger partial charge is 0.493 e. The first-order chi connectivity index (χ1) is 8.36. The van der Waals surface area contributed by atoms with Gasteiger partial charge in [0.1, 0.15) is 0 Å². The number of hydrazine groups is 1. The minimum Gasteiger partial charge on any atom is -0.399 e. The maximum Gasteiger partial charge on any atom is 0.493 e. The van der Waals surface area contributed by atoms with Crippen molar-refractivity contribution < 1.29 is 14.0 Å². The molecular formula is C12H23BN2O3. The van der Waals surface area contributed by atoms with Crippen LogP contribution in [0.4, 0.5) is 0 Å². The van der Waals surface area contributed by atoms with E-state index in [9.17, 15) is 0 Å². The first-order valence-electron chi connectivity index (χ1n) is 6.41. The summed E-state index contributed by atoms with van der Waals surface area (Å²) in [6.07, 6.45) is 2.06. The Balaban J connectivity index is 1.98. The molecule has 0 radical (unpaired) electrons. The molecule has 0 saturated carbocycles. The van der Waals surface area contributed by atoms with Crippen molar-refractivity contribution in [3.63, 3.8) is 0 Å². The molecule has 2 rings (SSSR count). The van der Waals surface area contributed by atoms with Crippen LogP contribution in [-0.2, 0) is 14.0 Å². The summed E-state index contributed by atoms with van der Waals surface area (Å²) in [4.78, 5) is 0. The van der Waals surface area contributed by atoms with Gasteiger partial charge < -0.3 is 19.1 Å². The average molecular weight is 254 g/mol. The van der Waals surface area contributed by atoms with Crippen LogP contribution in [0.3, 0.4) is 0 Å². The lowest BCUT2D eigenvalue weighted by Crippen LogP contribution is -2.41. The van der Waals surface area contributed by atoms with Gasteiger partial charge in [0.2, 0.25) is 0 Å². The molecule has 2 aliphatic heterocycles. The summed E-state index contributed by atoms with van der Waals surface area (Å²) in [5.74, 6) is 0. The molecule has 0 aromatic rings.